The third kappa shape index (κ3) is 4.07. The van der Waals surface area contributed by atoms with Crippen molar-refractivity contribution in [3.8, 4) is 0 Å². The first-order chi connectivity index (χ1) is 7.61. The lowest BCUT2D eigenvalue weighted by Crippen LogP contribution is -2.60. The van der Waals surface area contributed by atoms with Gasteiger partial charge in [-0.05, 0) is 20.8 Å². The number of amides is 1. The molecular formula is C10H17F3N2O2. The maximum absolute atomic E-state index is 12.7. The van der Waals surface area contributed by atoms with E-state index in [4.69, 9.17) is 4.74 Å². The molecule has 1 aliphatic rings. The number of piperazine rings is 1. The topological polar surface area (TPSA) is 41.6 Å². The molecule has 4 nitrogen and oxygen atoms in total. The average Bonchev–Trinajstić information content (AvgIpc) is 2.13. The van der Waals surface area contributed by atoms with Gasteiger partial charge in [-0.2, -0.15) is 13.2 Å². The summed E-state index contributed by atoms with van der Waals surface area (Å²) in [5.74, 6) is 0. The molecule has 1 aliphatic heterocycles. The van der Waals surface area contributed by atoms with Crippen LogP contribution in [0.25, 0.3) is 0 Å². The zero-order valence-corrected chi connectivity index (χ0v) is 10.1. The summed E-state index contributed by atoms with van der Waals surface area (Å²) < 4.78 is 43.0. The van der Waals surface area contributed by atoms with E-state index in [1.54, 1.807) is 20.8 Å². The molecule has 1 atom stereocenters. The van der Waals surface area contributed by atoms with E-state index in [0.717, 1.165) is 4.90 Å². The predicted molar refractivity (Wildman–Crippen MR) is 55.7 cm³/mol. The number of alkyl halides is 3. The fourth-order valence-corrected chi connectivity index (χ4v) is 1.54. The smallest absolute Gasteiger partial charge is 0.410 e. The van der Waals surface area contributed by atoms with Crippen molar-refractivity contribution >= 4 is 6.09 Å². The molecule has 17 heavy (non-hydrogen) atoms. The van der Waals surface area contributed by atoms with E-state index in [-0.39, 0.29) is 13.1 Å². The van der Waals surface area contributed by atoms with E-state index in [2.05, 4.69) is 5.32 Å². The highest BCUT2D eigenvalue weighted by Crippen LogP contribution is 2.27. The molecule has 0 aromatic carbocycles. The van der Waals surface area contributed by atoms with E-state index in [1.165, 1.54) is 0 Å². The van der Waals surface area contributed by atoms with Gasteiger partial charge in [-0.1, -0.05) is 0 Å². The van der Waals surface area contributed by atoms with Crippen molar-refractivity contribution < 1.29 is 22.7 Å². The normalized spacial score (nSPS) is 22.5. The highest BCUT2D eigenvalue weighted by molar-refractivity contribution is 5.69. The van der Waals surface area contributed by atoms with Crippen molar-refractivity contribution in [1.29, 1.82) is 0 Å². The molecule has 100 valence electrons. The summed E-state index contributed by atoms with van der Waals surface area (Å²) in [6.45, 7) is 4.91. The van der Waals surface area contributed by atoms with Crippen LogP contribution < -0.4 is 5.32 Å². The van der Waals surface area contributed by atoms with Crippen molar-refractivity contribution in [3.05, 3.63) is 0 Å². The van der Waals surface area contributed by atoms with Crippen molar-refractivity contribution in [2.45, 2.75) is 38.6 Å². The van der Waals surface area contributed by atoms with Gasteiger partial charge in [0, 0.05) is 19.6 Å². The standard InChI is InChI=1S/C10H17F3N2O2/c1-9(2,3)17-8(16)15-5-4-14-6-7(15)10(11,12)13/h7,14H,4-6H2,1-3H3/t7-/m1/s1. The minimum atomic E-state index is -4.44. The summed E-state index contributed by atoms with van der Waals surface area (Å²) in [5.41, 5.74) is -0.794. The van der Waals surface area contributed by atoms with Gasteiger partial charge in [-0.3, -0.25) is 4.90 Å². The fourth-order valence-electron chi connectivity index (χ4n) is 1.54. The largest absolute Gasteiger partial charge is 0.444 e. The Morgan fingerprint density at radius 2 is 1.94 bits per heavy atom. The lowest BCUT2D eigenvalue weighted by molar-refractivity contribution is -0.183. The molecule has 1 saturated heterocycles. The van der Waals surface area contributed by atoms with Crippen LogP contribution in [-0.4, -0.2) is 48.4 Å². The summed E-state index contributed by atoms with van der Waals surface area (Å²) >= 11 is 0. The second kappa shape index (κ2) is 4.72. The van der Waals surface area contributed by atoms with E-state index in [1.807, 2.05) is 0 Å². The monoisotopic (exact) mass is 254 g/mol. The van der Waals surface area contributed by atoms with Crippen LogP contribution in [0.3, 0.4) is 0 Å². The molecule has 1 N–H and O–H groups in total. The molecule has 1 rings (SSSR count). The van der Waals surface area contributed by atoms with Gasteiger partial charge in [0.15, 0.2) is 0 Å². The summed E-state index contributed by atoms with van der Waals surface area (Å²) in [6, 6.07) is -1.81. The molecule has 1 amide bonds. The first kappa shape index (κ1) is 14.1. The van der Waals surface area contributed by atoms with Gasteiger partial charge in [-0.25, -0.2) is 4.79 Å². The van der Waals surface area contributed by atoms with Crippen molar-refractivity contribution in [2.75, 3.05) is 19.6 Å². The third-order valence-electron chi connectivity index (χ3n) is 2.25. The number of carbonyl (C=O) groups excluding carboxylic acids is 1. The van der Waals surface area contributed by atoms with Gasteiger partial charge in [0.05, 0.1) is 0 Å². The van der Waals surface area contributed by atoms with Crippen LogP contribution in [0, 0.1) is 0 Å². The Morgan fingerprint density at radius 3 is 2.41 bits per heavy atom. The molecule has 7 heteroatoms. The van der Waals surface area contributed by atoms with Crippen LogP contribution in [0.15, 0.2) is 0 Å². The molecule has 0 saturated carbocycles. The molecule has 1 fully saturated rings. The van der Waals surface area contributed by atoms with E-state index in [0.29, 0.717) is 6.54 Å². The molecule has 1 heterocycles. The quantitative estimate of drug-likeness (QED) is 0.716. The van der Waals surface area contributed by atoms with Crippen LogP contribution in [0.4, 0.5) is 18.0 Å². The van der Waals surface area contributed by atoms with Crippen LogP contribution >= 0.6 is 0 Å². The summed E-state index contributed by atoms with van der Waals surface area (Å²) in [7, 11) is 0. The Kier molecular flexibility index (Phi) is 3.91. The number of ether oxygens (including phenoxy) is 1. The molecule has 0 spiro atoms. The van der Waals surface area contributed by atoms with Crippen molar-refractivity contribution in [3.63, 3.8) is 0 Å². The van der Waals surface area contributed by atoms with Crippen molar-refractivity contribution in [1.82, 2.24) is 10.2 Å². The van der Waals surface area contributed by atoms with Crippen LogP contribution in [0.5, 0.6) is 0 Å². The first-order valence-electron chi connectivity index (χ1n) is 5.38. The van der Waals surface area contributed by atoms with Gasteiger partial charge < -0.3 is 10.1 Å². The average molecular weight is 254 g/mol. The molecule has 0 bridgehead atoms. The minimum Gasteiger partial charge on any atom is -0.444 e. The Balaban J connectivity index is 2.75. The number of hydrogen-bond donors (Lipinski definition) is 1. The highest BCUT2D eigenvalue weighted by Gasteiger charge is 2.47. The Hall–Kier alpha value is -0.980. The predicted octanol–water partition coefficient (Wildman–Crippen LogP) is 1.76. The number of halogens is 3. The van der Waals surface area contributed by atoms with Gasteiger partial charge in [0.2, 0.25) is 0 Å². The second-order valence-corrected chi connectivity index (χ2v) is 4.94. The van der Waals surface area contributed by atoms with Crippen LogP contribution in [0.2, 0.25) is 0 Å². The number of nitrogens with one attached hydrogen (secondary N) is 1. The van der Waals surface area contributed by atoms with Gasteiger partial charge in [-0.15, -0.1) is 0 Å². The van der Waals surface area contributed by atoms with E-state index < -0.39 is 23.9 Å². The molecule has 0 aromatic rings. The molecule has 0 aromatic heterocycles. The lowest BCUT2D eigenvalue weighted by Gasteiger charge is -2.37. The Bertz CT molecular complexity index is 286. The third-order valence-corrected chi connectivity index (χ3v) is 2.25. The Morgan fingerprint density at radius 1 is 1.35 bits per heavy atom. The van der Waals surface area contributed by atoms with Crippen molar-refractivity contribution in [2.24, 2.45) is 0 Å². The van der Waals surface area contributed by atoms with Gasteiger partial charge in [0.1, 0.15) is 11.6 Å². The molecular weight excluding hydrogens is 237 g/mol. The van der Waals surface area contributed by atoms with E-state index in [9.17, 15) is 18.0 Å². The number of nitrogens with zero attached hydrogens (tertiary/aromatic N) is 1. The zero-order valence-electron chi connectivity index (χ0n) is 10.1. The molecule has 0 radical (unpaired) electrons. The number of rotatable bonds is 0. The minimum absolute atomic E-state index is 0.000903. The second-order valence-electron chi connectivity index (χ2n) is 4.94. The first-order valence-corrected chi connectivity index (χ1v) is 5.38. The van der Waals surface area contributed by atoms with Gasteiger partial charge in [0.25, 0.3) is 0 Å². The zero-order chi connectivity index (χ0) is 13.3. The molecule has 0 unspecified atom stereocenters. The summed E-state index contributed by atoms with van der Waals surface area (Å²) in [5, 5.41) is 2.62. The van der Waals surface area contributed by atoms with Crippen LogP contribution in [-0.2, 0) is 4.74 Å². The summed E-state index contributed by atoms with van der Waals surface area (Å²) in [4.78, 5) is 12.4. The molecule has 0 aliphatic carbocycles. The summed E-state index contributed by atoms with van der Waals surface area (Å²) in [6.07, 6.45) is -5.36. The van der Waals surface area contributed by atoms with Gasteiger partial charge >= 0.3 is 12.3 Å². The maximum Gasteiger partial charge on any atom is 0.410 e. The number of hydrogen-bond acceptors (Lipinski definition) is 3. The maximum atomic E-state index is 12.7. The van der Waals surface area contributed by atoms with Crippen LogP contribution in [0.1, 0.15) is 20.8 Å². The number of carbonyl (C=O) groups is 1. The Labute approximate surface area is 98.1 Å². The SMILES string of the molecule is CC(C)(C)OC(=O)N1CCNC[C@@H]1C(F)(F)F. The highest BCUT2D eigenvalue weighted by atomic mass is 19.4. The van der Waals surface area contributed by atoms with E-state index >= 15 is 0 Å². The lowest BCUT2D eigenvalue weighted by atomic mass is 10.2. The fraction of sp³-hybridized carbons (Fsp3) is 0.900.